The number of hydrogen-bond donors (Lipinski definition) is 1. The van der Waals surface area contributed by atoms with E-state index in [0.717, 1.165) is 15.2 Å². The van der Waals surface area contributed by atoms with E-state index >= 15 is 0 Å². The summed E-state index contributed by atoms with van der Waals surface area (Å²) in [5.41, 5.74) is 4.26. The molecule has 1 amide bonds. The highest BCUT2D eigenvalue weighted by atomic mass is 79.9. The Morgan fingerprint density at radius 3 is 2.27 bits per heavy atom. The molecule has 0 aromatic heterocycles. The first kappa shape index (κ1) is 16.4. The van der Waals surface area contributed by atoms with Gasteiger partial charge in [0.25, 0.3) is 5.91 Å². The molecule has 2 aromatic rings. The van der Waals surface area contributed by atoms with Crippen molar-refractivity contribution in [1.29, 1.82) is 0 Å². The maximum absolute atomic E-state index is 11.5. The van der Waals surface area contributed by atoms with Gasteiger partial charge in [-0.3, -0.25) is 4.79 Å². The number of methoxy groups -OCH3 is 2. The zero-order valence-electron chi connectivity index (χ0n) is 12.9. The molecule has 0 aliphatic carbocycles. The first-order valence-corrected chi connectivity index (χ1v) is 7.42. The molecule has 0 atom stereocenters. The van der Waals surface area contributed by atoms with E-state index in [1.54, 1.807) is 28.1 Å². The molecule has 0 radical (unpaired) electrons. The Hall–Kier alpha value is -1.95. The molecule has 2 aromatic carbocycles. The summed E-state index contributed by atoms with van der Waals surface area (Å²) in [6.07, 6.45) is 0. The van der Waals surface area contributed by atoms with Crippen molar-refractivity contribution in [3.8, 4) is 17.2 Å². The number of nitrogens with two attached hydrogens (primary N) is 1. The van der Waals surface area contributed by atoms with E-state index in [2.05, 4.69) is 15.9 Å². The zero-order valence-corrected chi connectivity index (χ0v) is 14.5. The lowest BCUT2D eigenvalue weighted by Gasteiger charge is -2.24. The van der Waals surface area contributed by atoms with Crippen molar-refractivity contribution in [3.05, 3.63) is 28.7 Å². The van der Waals surface area contributed by atoms with Crippen molar-refractivity contribution in [2.24, 2.45) is 5.73 Å². The minimum atomic E-state index is -1.13. The van der Waals surface area contributed by atoms with Crippen LogP contribution in [0, 0.1) is 0 Å². The molecule has 22 heavy (non-hydrogen) atoms. The van der Waals surface area contributed by atoms with E-state index < -0.39 is 11.5 Å². The fourth-order valence-electron chi connectivity index (χ4n) is 2.01. The predicted octanol–water partition coefficient (Wildman–Crippen LogP) is 3.26. The Labute approximate surface area is 137 Å². The summed E-state index contributed by atoms with van der Waals surface area (Å²) < 4.78 is 17.2. The number of ether oxygens (including phenoxy) is 3. The molecule has 0 saturated heterocycles. The van der Waals surface area contributed by atoms with Gasteiger partial charge in [0.2, 0.25) is 0 Å². The van der Waals surface area contributed by atoms with Gasteiger partial charge in [0.15, 0.2) is 17.1 Å². The molecule has 0 aliphatic rings. The molecular formula is C16H18BrNO4. The quantitative estimate of drug-likeness (QED) is 0.880. The molecular weight excluding hydrogens is 350 g/mol. The van der Waals surface area contributed by atoms with Crippen LogP contribution in [0.2, 0.25) is 0 Å². The number of fused-ring (bicyclic) bond motifs is 1. The number of primary amides is 1. The molecule has 5 nitrogen and oxygen atoms in total. The summed E-state index contributed by atoms with van der Waals surface area (Å²) in [5.74, 6) is 1.19. The molecule has 2 N–H and O–H groups in total. The van der Waals surface area contributed by atoms with Gasteiger partial charge in [-0.05, 0) is 53.4 Å². The van der Waals surface area contributed by atoms with Crippen LogP contribution < -0.4 is 19.9 Å². The number of carbonyl (C=O) groups is 1. The zero-order chi connectivity index (χ0) is 16.5. The standard InChI is InChI=1S/C16H18BrNO4/c1-16(2,15(18)19)22-14-10-8-13(21-4)12(20-3)7-9(10)5-6-11(14)17/h5-8H,1-4H3,(H2,18,19). The SMILES string of the molecule is COc1cc2ccc(Br)c(OC(C)(C)C(N)=O)c2cc1OC. The highest BCUT2D eigenvalue weighted by molar-refractivity contribution is 9.10. The molecule has 0 fully saturated rings. The van der Waals surface area contributed by atoms with Crippen LogP contribution in [0.3, 0.4) is 0 Å². The van der Waals surface area contributed by atoms with Crippen LogP contribution in [-0.2, 0) is 4.79 Å². The van der Waals surface area contributed by atoms with Crippen LogP contribution in [0.15, 0.2) is 28.7 Å². The van der Waals surface area contributed by atoms with Crippen LogP contribution in [0.1, 0.15) is 13.8 Å². The number of halogens is 1. The number of carbonyl (C=O) groups excluding carboxylic acids is 1. The summed E-state index contributed by atoms with van der Waals surface area (Å²) in [5, 5.41) is 1.69. The summed E-state index contributed by atoms with van der Waals surface area (Å²) in [6.45, 7) is 3.25. The van der Waals surface area contributed by atoms with Crippen molar-refractivity contribution < 1.29 is 19.0 Å². The van der Waals surface area contributed by atoms with Crippen LogP contribution in [0.4, 0.5) is 0 Å². The molecule has 118 valence electrons. The summed E-state index contributed by atoms with van der Waals surface area (Å²) >= 11 is 3.45. The minimum Gasteiger partial charge on any atom is -0.493 e. The van der Waals surface area contributed by atoms with Crippen molar-refractivity contribution >= 4 is 32.6 Å². The Kier molecular flexibility index (Phi) is 4.51. The van der Waals surface area contributed by atoms with E-state index in [0.29, 0.717) is 17.2 Å². The summed E-state index contributed by atoms with van der Waals surface area (Å²) in [7, 11) is 3.14. The third-order valence-corrected chi connectivity index (χ3v) is 4.00. The lowest BCUT2D eigenvalue weighted by Crippen LogP contribution is -2.43. The first-order chi connectivity index (χ1) is 10.3. The smallest absolute Gasteiger partial charge is 0.261 e. The number of rotatable bonds is 5. The van der Waals surface area contributed by atoms with Crippen LogP contribution in [0.25, 0.3) is 10.8 Å². The second-order valence-electron chi connectivity index (χ2n) is 5.28. The van der Waals surface area contributed by atoms with E-state index in [4.69, 9.17) is 19.9 Å². The Balaban J connectivity index is 2.67. The Morgan fingerprint density at radius 2 is 1.73 bits per heavy atom. The van der Waals surface area contributed by atoms with Gasteiger partial charge in [0, 0.05) is 5.39 Å². The van der Waals surface area contributed by atoms with Gasteiger partial charge in [-0.2, -0.15) is 0 Å². The monoisotopic (exact) mass is 367 g/mol. The van der Waals surface area contributed by atoms with Gasteiger partial charge in [0.1, 0.15) is 5.75 Å². The van der Waals surface area contributed by atoms with E-state index in [-0.39, 0.29) is 0 Å². The van der Waals surface area contributed by atoms with Crippen molar-refractivity contribution in [1.82, 2.24) is 0 Å². The maximum atomic E-state index is 11.5. The number of hydrogen-bond acceptors (Lipinski definition) is 4. The Morgan fingerprint density at radius 1 is 1.14 bits per heavy atom. The second-order valence-corrected chi connectivity index (χ2v) is 6.14. The van der Waals surface area contributed by atoms with Crippen molar-refractivity contribution in [2.75, 3.05) is 14.2 Å². The molecule has 2 rings (SSSR count). The summed E-state index contributed by atoms with van der Waals surface area (Å²) in [4.78, 5) is 11.5. The number of amides is 1. The van der Waals surface area contributed by atoms with Gasteiger partial charge in [0.05, 0.1) is 18.7 Å². The fraction of sp³-hybridized carbons (Fsp3) is 0.312. The van der Waals surface area contributed by atoms with Crippen molar-refractivity contribution in [2.45, 2.75) is 19.4 Å². The summed E-state index contributed by atoms with van der Waals surface area (Å²) in [6, 6.07) is 7.43. The molecule has 0 spiro atoms. The Bertz CT molecular complexity index is 728. The minimum absolute atomic E-state index is 0.530. The topological polar surface area (TPSA) is 70.8 Å². The maximum Gasteiger partial charge on any atom is 0.261 e. The van der Waals surface area contributed by atoms with Crippen molar-refractivity contribution in [3.63, 3.8) is 0 Å². The lowest BCUT2D eigenvalue weighted by molar-refractivity contribution is -0.130. The predicted molar refractivity (Wildman–Crippen MR) is 88.7 cm³/mol. The fourth-order valence-corrected chi connectivity index (χ4v) is 2.43. The second kappa shape index (κ2) is 6.04. The van der Waals surface area contributed by atoms with E-state index in [1.807, 2.05) is 24.3 Å². The highest BCUT2D eigenvalue weighted by Gasteiger charge is 2.29. The third kappa shape index (κ3) is 2.97. The van der Waals surface area contributed by atoms with Gasteiger partial charge in [-0.25, -0.2) is 0 Å². The van der Waals surface area contributed by atoms with Crippen LogP contribution >= 0.6 is 15.9 Å². The van der Waals surface area contributed by atoms with E-state index in [1.165, 1.54) is 0 Å². The lowest BCUT2D eigenvalue weighted by atomic mass is 10.1. The first-order valence-electron chi connectivity index (χ1n) is 6.63. The average molecular weight is 368 g/mol. The highest BCUT2D eigenvalue weighted by Crippen LogP contribution is 2.41. The van der Waals surface area contributed by atoms with Crippen LogP contribution in [-0.4, -0.2) is 25.7 Å². The molecule has 0 saturated carbocycles. The van der Waals surface area contributed by atoms with Gasteiger partial charge >= 0.3 is 0 Å². The molecule has 0 unspecified atom stereocenters. The molecule has 6 heteroatoms. The van der Waals surface area contributed by atoms with E-state index in [9.17, 15) is 4.79 Å². The molecule has 0 aliphatic heterocycles. The molecule has 0 heterocycles. The van der Waals surface area contributed by atoms with Gasteiger partial charge < -0.3 is 19.9 Å². The average Bonchev–Trinajstić information content (AvgIpc) is 2.48. The van der Waals surface area contributed by atoms with Gasteiger partial charge in [-0.15, -0.1) is 0 Å². The largest absolute Gasteiger partial charge is 0.493 e. The molecule has 0 bridgehead atoms. The number of benzene rings is 2. The van der Waals surface area contributed by atoms with Gasteiger partial charge in [-0.1, -0.05) is 6.07 Å². The van der Waals surface area contributed by atoms with Crippen LogP contribution in [0.5, 0.6) is 17.2 Å². The normalized spacial score (nSPS) is 11.3. The third-order valence-electron chi connectivity index (χ3n) is 3.38.